The second-order valence-electron chi connectivity index (χ2n) is 4.59. The van der Waals surface area contributed by atoms with Crippen LogP contribution in [0.4, 0.5) is 4.79 Å². The number of alkyl carbamates (subject to hydrolysis) is 1. The Labute approximate surface area is 124 Å². The summed E-state index contributed by atoms with van der Waals surface area (Å²) in [6.07, 6.45) is 0.333. The van der Waals surface area contributed by atoms with Gasteiger partial charge in [-0.3, -0.25) is 0 Å². The molecule has 0 radical (unpaired) electrons. The molecule has 0 bridgehead atoms. The van der Waals surface area contributed by atoms with Crippen LogP contribution in [0.25, 0.3) is 0 Å². The molecule has 4 nitrogen and oxygen atoms in total. The van der Waals surface area contributed by atoms with E-state index < -0.39 is 6.09 Å². The molecule has 0 aromatic heterocycles. The normalized spacial score (nSPS) is 9.95. The molecule has 0 aliphatic heterocycles. The molecule has 110 valence electrons. The standard InChI is InChI=1S/C17H19NO3/c1-20-16-9-5-8-14(12-16)10-11-18-17(19)21-13-15-6-3-2-4-7-15/h2-9,12H,10-11,13H2,1H3,(H,18,19). The smallest absolute Gasteiger partial charge is 0.407 e. The number of methoxy groups -OCH3 is 1. The highest BCUT2D eigenvalue weighted by Gasteiger charge is 2.02. The van der Waals surface area contributed by atoms with Crippen molar-refractivity contribution in [3.05, 3.63) is 65.7 Å². The number of carbonyl (C=O) groups is 1. The Morgan fingerprint density at radius 1 is 1.05 bits per heavy atom. The maximum atomic E-state index is 11.6. The van der Waals surface area contributed by atoms with Gasteiger partial charge in [0.25, 0.3) is 0 Å². The first-order valence-corrected chi connectivity index (χ1v) is 6.85. The van der Waals surface area contributed by atoms with Gasteiger partial charge in [-0.2, -0.15) is 0 Å². The number of ether oxygens (including phenoxy) is 2. The molecule has 2 aromatic rings. The Hall–Kier alpha value is -2.49. The molecule has 0 heterocycles. The summed E-state index contributed by atoms with van der Waals surface area (Å²) in [7, 11) is 1.64. The van der Waals surface area contributed by atoms with Gasteiger partial charge >= 0.3 is 6.09 Å². The average molecular weight is 285 g/mol. The molecule has 0 atom stereocenters. The van der Waals surface area contributed by atoms with Crippen LogP contribution in [0.15, 0.2) is 54.6 Å². The third kappa shape index (κ3) is 5.18. The fourth-order valence-corrected chi connectivity index (χ4v) is 1.91. The Morgan fingerprint density at radius 3 is 2.57 bits per heavy atom. The molecule has 0 saturated heterocycles. The van der Waals surface area contributed by atoms with Crippen molar-refractivity contribution in [3.8, 4) is 5.75 Å². The van der Waals surface area contributed by atoms with E-state index in [1.54, 1.807) is 7.11 Å². The summed E-state index contributed by atoms with van der Waals surface area (Å²) in [5.74, 6) is 0.819. The van der Waals surface area contributed by atoms with Crippen LogP contribution in [-0.2, 0) is 17.8 Å². The molecule has 2 rings (SSSR count). The van der Waals surface area contributed by atoms with E-state index in [-0.39, 0.29) is 6.61 Å². The van der Waals surface area contributed by atoms with E-state index in [4.69, 9.17) is 9.47 Å². The number of nitrogens with one attached hydrogen (secondary N) is 1. The van der Waals surface area contributed by atoms with Crippen molar-refractivity contribution >= 4 is 6.09 Å². The second-order valence-corrected chi connectivity index (χ2v) is 4.59. The lowest BCUT2D eigenvalue weighted by Gasteiger charge is -2.08. The van der Waals surface area contributed by atoms with E-state index in [2.05, 4.69) is 5.32 Å². The Balaban J connectivity index is 1.69. The number of carbonyl (C=O) groups excluding carboxylic acids is 1. The molecule has 0 aliphatic rings. The largest absolute Gasteiger partial charge is 0.497 e. The summed E-state index contributed by atoms with van der Waals surface area (Å²) in [5.41, 5.74) is 2.08. The first-order valence-electron chi connectivity index (χ1n) is 6.85. The lowest BCUT2D eigenvalue weighted by Crippen LogP contribution is -2.26. The fourth-order valence-electron chi connectivity index (χ4n) is 1.91. The minimum absolute atomic E-state index is 0.284. The predicted octanol–water partition coefficient (Wildman–Crippen LogP) is 3.16. The molecule has 2 aromatic carbocycles. The quantitative estimate of drug-likeness (QED) is 0.887. The summed E-state index contributed by atoms with van der Waals surface area (Å²) >= 11 is 0. The summed E-state index contributed by atoms with van der Waals surface area (Å²) < 4.78 is 10.3. The van der Waals surface area contributed by atoms with Crippen molar-refractivity contribution in [2.75, 3.05) is 13.7 Å². The van der Waals surface area contributed by atoms with Crippen LogP contribution in [0, 0.1) is 0 Å². The zero-order chi connectivity index (χ0) is 14.9. The second kappa shape index (κ2) is 7.94. The number of rotatable bonds is 6. The molecular weight excluding hydrogens is 266 g/mol. The van der Waals surface area contributed by atoms with Crippen LogP contribution < -0.4 is 10.1 Å². The van der Waals surface area contributed by atoms with E-state index in [1.807, 2.05) is 54.6 Å². The number of amides is 1. The van der Waals surface area contributed by atoms with Crippen molar-refractivity contribution < 1.29 is 14.3 Å². The molecule has 4 heteroatoms. The van der Waals surface area contributed by atoms with Gasteiger partial charge in [-0.25, -0.2) is 4.79 Å². The molecule has 0 fully saturated rings. The lowest BCUT2D eigenvalue weighted by molar-refractivity contribution is 0.140. The minimum atomic E-state index is -0.401. The maximum absolute atomic E-state index is 11.6. The minimum Gasteiger partial charge on any atom is -0.497 e. The first-order chi connectivity index (χ1) is 10.3. The average Bonchev–Trinajstić information content (AvgIpc) is 2.54. The molecule has 0 saturated carbocycles. The van der Waals surface area contributed by atoms with Gasteiger partial charge in [-0.1, -0.05) is 42.5 Å². The van der Waals surface area contributed by atoms with Crippen molar-refractivity contribution in [2.45, 2.75) is 13.0 Å². The van der Waals surface area contributed by atoms with Gasteiger partial charge in [0.1, 0.15) is 12.4 Å². The van der Waals surface area contributed by atoms with Crippen LogP contribution in [0.3, 0.4) is 0 Å². The maximum Gasteiger partial charge on any atom is 0.407 e. The molecule has 0 spiro atoms. The van der Waals surface area contributed by atoms with Gasteiger partial charge in [0.2, 0.25) is 0 Å². The van der Waals surface area contributed by atoms with Crippen molar-refractivity contribution in [1.82, 2.24) is 5.32 Å². The van der Waals surface area contributed by atoms with Crippen molar-refractivity contribution in [1.29, 1.82) is 0 Å². The van der Waals surface area contributed by atoms with E-state index in [0.717, 1.165) is 23.3 Å². The van der Waals surface area contributed by atoms with Gasteiger partial charge in [-0.15, -0.1) is 0 Å². The predicted molar refractivity (Wildman–Crippen MR) is 81.3 cm³/mol. The van der Waals surface area contributed by atoms with Gasteiger partial charge in [-0.05, 0) is 29.7 Å². The van der Waals surface area contributed by atoms with Gasteiger partial charge in [0.05, 0.1) is 7.11 Å². The molecule has 21 heavy (non-hydrogen) atoms. The van der Waals surface area contributed by atoms with E-state index in [0.29, 0.717) is 6.54 Å². The van der Waals surface area contributed by atoms with Gasteiger partial charge in [0.15, 0.2) is 0 Å². The number of benzene rings is 2. The van der Waals surface area contributed by atoms with Crippen LogP contribution in [0.2, 0.25) is 0 Å². The highest BCUT2D eigenvalue weighted by atomic mass is 16.5. The van der Waals surface area contributed by atoms with E-state index in [1.165, 1.54) is 0 Å². The highest BCUT2D eigenvalue weighted by Crippen LogP contribution is 2.12. The summed E-state index contributed by atoms with van der Waals surface area (Å²) in [6.45, 7) is 0.812. The highest BCUT2D eigenvalue weighted by molar-refractivity contribution is 5.67. The van der Waals surface area contributed by atoms with Crippen LogP contribution in [0.1, 0.15) is 11.1 Å². The van der Waals surface area contributed by atoms with Crippen molar-refractivity contribution in [2.24, 2.45) is 0 Å². The third-order valence-electron chi connectivity index (χ3n) is 3.03. The summed E-state index contributed by atoms with van der Waals surface area (Å²) in [5, 5.41) is 2.74. The summed E-state index contributed by atoms with van der Waals surface area (Å²) in [4.78, 5) is 11.6. The van der Waals surface area contributed by atoms with E-state index in [9.17, 15) is 4.79 Å². The van der Waals surface area contributed by atoms with Crippen molar-refractivity contribution in [3.63, 3.8) is 0 Å². The Bertz CT molecular complexity index is 569. The summed E-state index contributed by atoms with van der Waals surface area (Å²) in [6, 6.07) is 17.4. The molecule has 0 unspecified atom stereocenters. The zero-order valence-corrected chi connectivity index (χ0v) is 12.0. The van der Waals surface area contributed by atoms with Gasteiger partial charge in [0, 0.05) is 6.54 Å². The first kappa shape index (κ1) is 14.9. The fraction of sp³-hybridized carbons (Fsp3) is 0.235. The molecule has 1 amide bonds. The Morgan fingerprint density at radius 2 is 1.81 bits per heavy atom. The molecule has 0 aliphatic carbocycles. The SMILES string of the molecule is COc1cccc(CCNC(=O)OCc2ccccc2)c1. The molecule has 1 N–H and O–H groups in total. The van der Waals surface area contributed by atoms with E-state index >= 15 is 0 Å². The molecular formula is C17H19NO3. The Kier molecular flexibility index (Phi) is 5.64. The topological polar surface area (TPSA) is 47.6 Å². The van der Waals surface area contributed by atoms with Crippen LogP contribution >= 0.6 is 0 Å². The third-order valence-corrected chi connectivity index (χ3v) is 3.03. The zero-order valence-electron chi connectivity index (χ0n) is 12.0. The number of hydrogen-bond acceptors (Lipinski definition) is 3. The monoisotopic (exact) mass is 285 g/mol. The van der Waals surface area contributed by atoms with Crippen LogP contribution in [-0.4, -0.2) is 19.7 Å². The van der Waals surface area contributed by atoms with Crippen LogP contribution in [0.5, 0.6) is 5.75 Å². The lowest BCUT2D eigenvalue weighted by atomic mass is 10.1. The number of hydrogen-bond donors (Lipinski definition) is 1. The van der Waals surface area contributed by atoms with Gasteiger partial charge < -0.3 is 14.8 Å².